The molecule has 1 spiro atoms. The molecule has 138 valence electrons. The third kappa shape index (κ3) is 3.41. The highest BCUT2D eigenvalue weighted by atomic mass is 35.5. The summed E-state index contributed by atoms with van der Waals surface area (Å²) in [5.74, 6) is 0.696. The van der Waals surface area contributed by atoms with Gasteiger partial charge in [0.05, 0.1) is 5.60 Å². The number of rotatable bonds is 3. The average Bonchev–Trinajstić information content (AvgIpc) is 2.91. The zero-order chi connectivity index (χ0) is 18.3. The van der Waals surface area contributed by atoms with Crippen molar-refractivity contribution in [3.05, 3.63) is 69.2 Å². The van der Waals surface area contributed by atoms with Crippen LogP contribution in [0.1, 0.15) is 49.5 Å². The molecule has 2 aliphatic rings. The molecule has 0 aliphatic carbocycles. The lowest BCUT2D eigenvalue weighted by Gasteiger charge is -2.40. The summed E-state index contributed by atoms with van der Waals surface area (Å²) >= 11 is 12.5. The van der Waals surface area contributed by atoms with Crippen LogP contribution in [0.5, 0.6) is 0 Å². The summed E-state index contributed by atoms with van der Waals surface area (Å²) in [4.78, 5) is 2.56. The molecule has 2 aromatic rings. The number of hydrogen-bond acceptors (Lipinski definition) is 2. The van der Waals surface area contributed by atoms with Gasteiger partial charge in [-0.2, -0.15) is 0 Å². The van der Waals surface area contributed by atoms with E-state index in [1.54, 1.807) is 6.07 Å². The van der Waals surface area contributed by atoms with E-state index in [4.69, 9.17) is 27.9 Å². The van der Waals surface area contributed by atoms with Gasteiger partial charge in [-0.1, -0.05) is 61.3 Å². The first-order valence-corrected chi connectivity index (χ1v) is 10.2. The van der Waals surface area contributed by atoms with Crippen molar-refractivity contribution in [1.82, 2.24) is 4.90 Å². The van der Waals surface area contributed by atoms with E-state index < -0.39 is 0 Å². The van der Waals surface area contributed by atoms with Crippen molar-refractivity contribution in [2.75, 3.05) is 19.6 Å². The summed E-state index contributed by atoms with van der Waals surface area (Å²) in [5, 5.41) is 1.31. The Bertz CT molecular complexity index is 776. The Kier molecular flexibility index (Phi) is 5.04. The van der Waals surface area contributed by atoms with Gasteiger partial charge >= 0.3 is 0 Å². The minimum absolute atomic E-state index is 0.0981. The summed E-state index contributed by atoms with van der Waals surface area (Å²) in [6, 6.07) is 14.4. The van der Waals surface area contributed by atoms with E-state index >= 15 is 0 Å². The number of piperidine rings is 1. The summed E-state index contributed by atoms with van der Waals surface area (Å²) in [5.41, 5.74) is 3.44. The number of hydrogen-bond donors (Lipinski definition) is 0. The summed E-state index contributed by atoms with van der Waals surface area (Å²) < 4.78 is 6.77. The van der Waals surface area contributed by atoms with E-state index in [0.29, 0.717) is 16.0 Å². The molecule has 2 aliphatic heterocycles. The Morgan fingerprint density at radius 1 is 1.08 bits per heavy atom. The molecule has 4 rings (SSSR count). The van der Waals surface area contributed by atoms with Gasteiger partial charge in [-0.05, 0) is 53.6 Å². The van der Waals surface area contributed by atoms with E-state index in [1.807, 2.05) is 12.1 Å². The van der Waals surface area contributed by atoms with Crippen LogP contribution in [0, 0.1) is 5.92 Å². The first-order chi connectivity index (χ1) is 12.5. The highest BCUT2D eigenvalue weighted by molar-refractivity contribution is 6.34. The van der Waals surface area contributed by atoms with Crippen molar-refractivity contribution in [1.29, 1.82) is 0 Å². The van der Waals surface area contributed by atoms with Crippen LogP contribution in [0.25, 0.3) is 0 Å². The van der Waals surface area contributed by atoms with Gasteiger partial charge in [0.1, 0.15) is 6.10 Å². The zero-order valence-corrected chi connectivity index (χ0v) is 16.9. The standard InChI is InChI=1S/C22H25Cl2NO/c1-15(2)14-25-9-7-22(8-10-25)20-6-4-3-5-19(20)21(26-22)16-11-17(23)13-18(24)12-16/h3-6,11-13,15,21H,7-10,14H2,1-2H3. The normalized spacial score (nSPS) is 22.1. The van der Waals surface area contributed by atoms with E-state index in [9.17, 15) is 0 Å². The molecule has 0 bridgehead atoms. The SMILES string of the molecule is CC(C)CN1CCC2(CC1)OC(c1cc(Cl)cc(Cl)c1)c1ccccc12. The molecule has 2 heterocycles. The fraction of sp³-hybridized carbons (Fsp3) is 0.455. The van der Waals surface area contributed by atoms with Gasteiger partial charge < -0.3 is 9.64 Å². The molecule has 0 N–H and O–H groups in total. The number of halogens is 2. The lowest BCUT2D eigenvalue weighted by molar-refractivity contribution is -0.0977. The second kappa shape index (κ2) is 7.16. The number of nitrogens with zero attached hydrogens (tertiary/aromatic N) is 1. The van der Waals surface area contributed by atoms with Crippen LogP contribution >= 0.6 is 23.2 Å². The molecule has 1 unspecified atom stereocenters. The van der Waals surface area contributed by atoms with Gasteiger partial charge in [0.2, 0.25) is 0 Å². The zero-order valence-electron chi connectivity index (χ0n) is 15.3. The maximum atomic E-state index is 6.77. The van der Waals surface area contributed by atoms with E-state index in [1.165, 1.54) is 11.1 Å². The van der Waals surface area contributed by atoms with Crippen molar-refractivity contribution < 1.29 is 4.74 Å². The molecular formula is C22H25Cl2NO. The molecule has 2 aromatic carbocycles. The predicted molar refractivity (Wildman–Crippen MR) is 108 cm³/mol. The van der Waals surface area contributed by atoms with Gasteiger partial charge in [0.25, 0.3) is 0 Å². The molecule has 0 aromatic heterocycles. The lowest BCUT2D eigenvalue weighted by Crippen LogP contribution is -2.43. The highest BCUT2D eigenvalue weighted by Crippen LogP contribution is 2.51. The molecule has 0 amide bonds. The topological polar surface area (TPSA) is 12.5 Å². The predicted octanol–water partition coefficient (Wildman–Crippen LogP) is 6.06. The molecule has 4 heteroatoms. The minimum atomic E-state index is -0.191. The number of ether oxygens (including phenoxy) is 1. The van der Waals surface area contributed by atoms with Crippen molar-refractivity contribution in [2.45, 2.75) is 38.4 Å². The second-order valence-electron chi connectivity index (χ2n) is 7.98. The van der Waals surface area contributed by atoms with Crippen molar-refractivity contribution in [3.63, 3.8) is 0 Å². The molecule has 0 saturated carbocycles. The maximum Gasteiger partial charge on any atom is 0.109 e. The Labute approximate surface area is 166 Å². The molecule has 26 heavy (non-hydrogen) atoms. The van der Waals surface area contributed by atoms with E-state index in [0.717, 1.165) is 38.0 Å². The highest BCUT2D eigenvalue weighted by Gasteiger charge is 2.46. The van der Waals surface area contributed by atoms with Gasteiger partial charge in [0, 0.05) is 29.7 Å². The molecule has 2 nitrogen and oxygen atoms in total. The van der Waals surface area contributed by atoms with Gasteiger partial charge in [-0.15, -0.1) is 0 Å². The van der Waals surface area contributed by atoms with Gasteiger partial charge in [-0.3, -0.25) is 0 Å². The van der Waals surface area contributed by atoms with Crippen molar-refractivity contribution >= 4 is 23.2 Å². The second-order valence-corrected chi connectivity index (χ2v) is 8.85. The third-order valence-electron chi connectivity index (χ3n) is 5.55. The third-order valence-corrected chi connectivity index (χ3v) is 5.99. The summed E-state index contributed by atoms with van der Waals surface area (Å²) in [6.45, 7) is 7.88. The van der Waals surface area contributed by atoms with Crippen LogP contribution in [0.3, 0.4) is 0 Å². The van der Waals surface area contributed by atoms with E-state index in [-0.39, 0.29) is 11.7 Å². The summed E-state index contributed by atoms with van der Waals surface area (Å²) in [6.07, 6.45) is 1.96. The maximum absolute atomic E-state index is 6.77. The monoisotopic (exact) mass is 389 g/mol. The van der Waals surface area contributed by atoms with Crippen LogP contribution in [0.15, 0.2) is 42.5 Å². The fourth-order valence-electron chi connectivity index (χ4n) is 4.47. The average molecular weight is 390 g/mol. The number of likely N-dealkylation sites (tertiary alicyclic amines) is 1. The van der Waals surface area contributed by atoms with Crippen molar-refractivity contribution in [2.24, 2.45) is 5.92 Å². The quantitative estimate of drug-likeness (QED) is 0.632. The molecule has 1 fully saturated rings. The first kappa shape index (κ1) is 18.3. The summed E-state index contributed by atoms with van der Waals surface area (Å²) in [7, 11) is 0. The Morgan fingerprint density at radius 3 is 2.38 bits per heavy atom. The lowest BCUT2D eigenvalue weighted by atomic mass is 9.83. The number of benzene rings is 2. The molecule has 1 atom stereocenters. The Morgan fingerprint density at radius 2 is 1.73 bits per heavy atom. The smallest absolute Gasteiger partial charge is 0.109 e. The number of fused-ring (bicyclic) bond motifs is 2. The van der Waals surface area contributed by atoms with Gasteiger partial charge in [0.15, 0.2) is 0 Å². The first-order valence-electron chi connectivity index (χ1n) is 9.42. The molecular weight excluding hydrogens is 365 g/mol. The van der Waals surface area contributed by atoms with Crippen LogP contribution in [0.4, 0.5) is 0 Å². The fourth-order valence-corrected chi connectivity index (χ4v) is 5.01. The minimum Gasteiger partial charge on any atom is -0.358 e. The van der Waals surface area contributed by atoms with Crippen molar-refractivity contribution in [3.8, 4) is 0 Å². The van der Waals surface area contributed by atoms with Crippen LogP contribution in [-0.2, 0) is 10.3 Å². The van der Waals surface area contributed by atoms with Crippen LogP contribution in [-0.4, -0.2) is 24.5 Å². The Hall–Kier alpha value is -1.06. The molecule has 1 saturated heterocycles. The van der Waals surface area contributed by atoms with Crippen LogP contribution < -0.4 is 0 Å². The molecule has 0 radical (unpaired) electrons. The van der Waals surface area contributed by atoms with E-state index in [2.05, 4.69) is 43.0 Å². The Balaban J connectivity index is 1.65. The van der Waals surface area contributed by atoms with Gasteiger partial charge in [-0.25, -0.2) is 0 Å². The van der Waals surface area contributed by atoms with Crippen LogP contribution in [0.2, 0.25) is 10.0 Å². The largest absolute Gasteiger partial charge is 0.358 e.